The van der Waals surface area contributed by atoms with E-state index in [1.165, 1.54) is 0 Å². The summed E-state index contributed by atoms with van der Waals surface area (Å²) >= 11 is 0. The summed E-state index contributed by atoms with van der Waals surface area (Å²) < 4.78 is 25.9. The van der Waals surface area contributed by atoms with Gasteiger partial charge in [-0.1, -0.05) is 18.2 Å². The largest absolute Gasteiger partial charge is 0.320 e. The van der Waals surface area contributed by atoms with Crippen molar-refractivity contribution in [3.63, 3.8) is 0 Å². The van der Waals surface area contributed by atoms with Crippen LogP contribution in [-0.2, 0) is 10.0 Å². The third-order valence-electron chi connectivity index (χ3n) is 1.95. The second-order valence-corrected chi connectivity index (χ2v) is 4.93. The number of hydrogen-bond donors (Lipinski definition) is 2. The maximum atomic E-state index is 11.7. The van der Waals surface area contributed by atoms with Crippen LogP contribution >= 0.6 is 0 Å². The molecule has 0 spiro atoms. The Morgan fingerprint density at radius 1 is 1.13 bits per heavy atom. The monoisotopic (exact) mass is 228 g/mol. The third kappa shape index (κ3) is 3.99. The van der Waals surface area contributed by atoms with Crippen molar-refractivity contribution in [2.45, 2.75) is 11.3 Å². The lowest BCUT2D eigenvalue weighted by molar-refractivity contribution is 0.577. The van der Waals surface area contributed by atoms with Gasteiger partial charge < -0.3 is 5.32 Å². The quantitative estimate of drug-likeness (QED) is 0.700. The molecule has 15 heavy (non-hydrogen) atoms. The van der Waals surface area contributed by atoms with Gasteiger partial charge in [0.2, 0.25) is 10.0 Å². The lowest BCUT2D eigenvalue weighted by atomic mass is 10.4. The van der Waals surface area contributed by atoms with Gasteiger partial charge in [-0.3, -0.25) is 0 Å². The topological polar surface area (TPSA) is 58.2 Å². The van der Waals surface area contributed by atoms with Crippen LogP contribution in [-0.4, -0.2) is 28.6 Å². The Labute approximate surface area is 90.8 Å². The summed E-state index contributed by atoms with van der Waals surface area (Å²) in [4.78, 5) is 0.314. The second-order valence-electron chi connectivity index (χ2n) is 3.17. The van der Waals surface area contributed by atoms with Crippen molar-refractivity contribution in [2.75, 3.05) is 20.1 Å². The van der Waals surface area contributed by atoms with Crippen LogP contribution in [0.1, 0.15) is 6.42 Å². The molecular weight excluding hydrogens is 212 g/mol. The molecular formula is C10H16N2O2S. The van der Waals surface area contributed by atoms with Crippen molar-refractivity contribution >= 4 is 10.0 Å². The number of benzene rings is 1. The highest BCUT2D eigenvalue weighted by molar-refractivity contribution is 7.89. The van der Waals surface area contributed by atoms with Crippen molar-refractivity contribution in [3.8, 4) is 0 Å². The Hall–Kier alpha value is -0.910. The van der Waals surface area contributed by atoms with Crippen LogP contribution in [0.4, 0.5) is 0 Å². The predicted molar refractivity (Wildman–Crippen MR) is 60.2 cm³/mol. The SMILES string of the molecule is CNCCCNS(=O)(=O)c1ccccc1. The molecule has 4 nitrogen and oxygen atoms in total. The van der Waals surface area contributed by atoms with E-state index in [4.69, 9.17) is 0 Å². The van der Waals surface area contributed by atoms with E-state index >= 15 is 0 Å². The van der Waals surface area contributed by atoms with Crippen LogP contribution in [0.25, 0.3) is 0 Å². The van der Waals surface area contributed by atoms with Gasteiger partial charge >= 0.3 is 0 Å². The van der Waals surface area contributed by atoms with E-state index in [0.717, 1.165) is 13.0 Å². The van der Waals surface area contributed by atoms with Crippen LogP contribution < -0.4 is 10.0 Å². The number of nitrogens with one attached hydrogen (secondary N) is 2. The zero-order chi connectivity index (χ0) is 11.1. The molecule has 84 valence electrons. The molecule has 0 aliphatic carbocycles. The van der Waals surface area contributed by atoms with Crippen LogP contribution in [0.5, 0.6) is 0 Å². The maximum absolute atomic E-state index is 11.7. The van der Waals surface area contributed by atoms with Gasteiger partial charge in [0.15, 0.2) is 0 Å². The molecule has 0 aromatic heterocycles. The summed E-state index contributed by atoms with van der Waals surface area (Å²) in [5, 5.41) is 2.96. The fraction of sp³-hybridized carbons (Fsp3) is 0.400. The summed E-state index contributed by atoms with van der Waals surface area (Å²) in [6.45, 7) is 1.26. The van der Waals surface area contributed by atoms with E-state index in [-0.39, 0.29) is 0 Å². The van der Waals surface area contributed by atoms with E-state index in [1.54, 1.807) is 30.3 Å². The van der Waals surface area contributed by atoms with E-state index in [2.05, 4.69) is 10.0 Å². The van der Waals surface area contributed by atoms with Gasteiger partial charge in [-0.05, 0) is 32.1 Å². The van der Waals surface area contributed by atoms with E-state index in [0.29, 0.717) is 11.4 Å². The molecule has 0 saturated heterocycles. The lowest BCUT2D eigenvalue weighted by Crippen LogP contribution is -2.26. The summed E-state index contributed by atoms with van der Waals surface area (Å²) in [6, 6.07) is 8.38. The van der Waals surface area contributed by atoms with E-state index in [1.807, 2.05) is 7.05 Å². The smallest absolute Gasteiger partial charge is 0.240 e. The van der Waals surface area contributed by atoms with Gasteiger partial charge in [0.25, 0.3) is 0 Å². The Balaban J connectivity index is 2.53. The average Bonchev–Trinajstić information content (AvgIpc) is 2.26. The average molecular weight is 228 g/mol. The molecule has 0 radical (unpaired) electrons. The minimum atomic E-state index is -3.32. The third-order valence-corrected chi connectivity index (χ3v) is 3.43. The first kappa shape index (κ1) is 12.2. The molecule has 0 aliphatic heterocycles. The van der Waals surface area contributed by atoms with Gasteiger partial charge in [0.1, 0.15) is 0 Å². The molecule has 5 heteroatoms. The van der Waals surface area contributed by atoms with Crippen LogP contribution in [0.3, 0.4) is 0 Å². The van der Waals surface area contributed by atoms with Gasteiger partial charge in [-0.2, -0.15) is 0 Å². The predicted octanol–water partition coefficient (Wildman–Crippen LogP) is 0.574. The Morgan fingerprint density at radius 3 is 2.40 bits per heavy atom. The zero-order valence-electron chi connectivity index (χ0n) is 8.73. The molecule has 1 aromatic carbocycles. The summed E-state index contributed by atoms with van der Waals surface area (Å²) in [6.07, 6.45) is 0.780. The van der Waals surface area contributed by atoms with Crippen molar-refractivity contribution in [3.05, 3.63) is 30.3 Å². The first-order valence-electron chi connectivity index (χ1n) is 4.86. The molecule has 0 fully saturated rings. The minimum absolute atomic E-state index is 0.314. The van der Waals surface area contributed by atoms with Crippen molar-refractivity contribution in [1.29, 1.82) is 0 Å². The molecule has 1 rings (SSSR count). The van der Waals surface area contributed by atoms with Crippen molar-refractivity contribution in [1.82, 2.24) is 10.0 Å². The lowest BCUT2D eigenvalue weighted by Gasteiger charge is -2.05. The molecule has 0 saturated carbocycles. The Bertz CT molecular complexity index is 376. The first-order chi connectivity index (χ1) is 7.17. The van der Waals surface area contributed by atoms with E-state index in [9.17, 15) is 8.42 Å². The molecule has 1 aromatic rings. The highest BCUT2D eigenvalue weighted by Gasteiger charge is 2.11. The molecule has 0 bridgehead atoms. The molecule has 0 amide bonds. The molecule has 2 N–H and O–H groups in total. The van der Waals surface area contributed by atoms with Crippen LogP contribution in [0.15, 0.2) is 35.2 Å². The number of sulfonamides is 1. The van der Waals surface area contributed by atoms with Crippen molar-refractivity contribution < 1.29 is 8.42 Å². The maximum Gasteiger partial charge on any atom is 0.240 e. The van der Waals surface area contributed by atoms with Gasteiger partial charge in [0, 0.05) is 6.54 Å². The highest BCUT2D eigenvalue weighted by atomic mass is 32.2. The fourth-order valence-corrected chi connectivity index (χ4v) is 2.25. The Kier molecular flexibility index (Phi) is 4.74. The fourth-order valence-electron chi connectivity index (χ4n) is 1.15. The Morgan fingerprint density at radius 2 is 1.80 bits per heavy atom. The summed E-state index contributed by atoms with van der Waals surface area (Å²) in [7, 11) is -1.48. The molecule has 0 aliphatic rings. The summed E-state index contributed by atoms with van der Waals surface area (Å²) in [5.41, 5.74) is 0. The summed E-state index contributed by atoms with van der Waals surface area (Å²) in [5.74, 6) is 0. The number of hydrogen-bond acceptors (Lipinski definition) is 3. The molecule has 0 heterocycles. The van der Waals surface area contributed by atoms with E-state index < -0.39 is 10.0 Å². The molecule has 0 atom stereocenters. The van der Waals surface area contributed by atoms with Gasteiger partial charge in [0.05, 0.1) is 4.90 Å². The van der Waals surface area contributed by atoms with Gasteiger partial charge in [-0.25, -0.2) is 13.1 Å². The standard InChI is InChI=1S/C10H16N2O2S/c1-11-8-5-9-12-15(13,14)10-6-3-2-4-7-10/h2-4,6-7,11-12H,5,8-9H2,1H3. The normalized spacial score (nSPS) is 11.5. The first-order valence-corrected chi connectivity index (χ1v) is 6.34. The van der Waals surface area contributed by atoms with Crippen molar-refractivity contribution in [2.24, 2.45) is 0 Å². The highest BCUT2D eigenvalue weighted by Crippen LogP contribution is 2.06. The second kappa shape index (κ2) is 5.85. The minimum Gasteiger partial charge on any atom is -0.320 e. The zero-order valence-corrected chi connectivity index (χ0v) is 9.55. The van der Waals surface area contributed by atoms with Gasteiger partial charge in [-0.15, -0.1) is 0 Å². The molecule has 0 unspecified atom stereocenters. The number of rotatable bonds is 6. The van der Waals surface area contributed by atoms with Crippen LogP contribution in [0, 0.1) is 0 Å². The van der Waals surface area contributed by atoms with Crippen LogP contribution in [0.2, 0.25) is 0 Å².